The van der Waals surface area contributed by atoms with Crippen molar-refractivity contribution < 1.29 is 19.1 Å². The average Bonchev–Trinajstić information content (AvgIpc) is 2.40. The van der Waals surface area contributed by atoms with Gasteiger partial charge >= 0.3 is 0 Å². The number of alkyl halides is 1. The lowest BCUT2D eigenvalue weighted by Crippen LogP contribution is -2.56. The van der Waals surface area contributed by atoms with Crippen molar-refractivity contribution in [2.24, 2.45) is 0 Å². The fraction of sp³-hybridized carbons (Fsp3) is 0.833. The summed E-state index contributed by atoms with van der Waals surface area (Å²) in [5.74, 6) is -0.401. The molecule has 19 heavy (non-hydrogen) atoms. The van der Waals surface area contributed by atoms with Gasteiger partial charge in [-0.05, 0) is 6.92 Å². The van der Waals surface area contributed by atoms with Gasteiger partial charge in [-0.3, -0.25) is 9.59 Å². The van der Waals surface area contributed by atoms with E-state index in [-0.39, 0.29) is 37.9 Å². The Morgan fingerprint density at radius 3 is 2.95 bits per heavy atom. The zero-order valence-corrected chi connectivity index (χ0v) is 11.3. The second-order valence-corrected chi connectivity index (χ2v) is 4.42. The van der Waals surface area contributed by atoms with Crippen molar-refractivity contribution in [3.63, 3.8) is 0 Å². The first kappa shape index (κ1) is 15.8. The maximum absolute atomic E-state index is 12.3. The molecule has 0 aromatic carbocycles. The highest BCUT2D eigenvalue weighted by molar-refractivity contribution is 5.89. The highest BCUT2D eigenvalue weighted by atomic mass is 19.1. The molecule has 1 unspecified atom stereocenters. The lowest BCUT2D eigenvalue weighted by molar-refractivity contribution is -0.141. The molecule has 0 aromatic rings. The van der Waals surface area contributed by atoms with Gasteiger partial charge < -0.3 is 20.2 Å². The molecule has 1 heterocycles. The minimum Gasteiger partial charge on any atom is -0.395 e. The number of aliphatic hydroxyl groups excluding tert-OH is 1. The Hall–Kier alpha value is -1.21. The molecule has 0 bridgehead atoms. The molecular formula is C12H22FN3O3. The van der Waals surface area contributed by atoms with Gasteiger partial charge in [0.15, 0.2) is 0 Å². The molecule has 6 nitrogen and oxygen atoms in total. The van der Waals surface area contributed by atoms with E-state index in [9.17, 15) is 14.0 Å². The maximum Gasteiger partial charge on any atom is 0.240 e. The molecule has 1 aliphatic rings. The van der Waals surface area contributed by atoms with E-state index in [0.717, 1.165) is 0 Å². The molecule has 110 valence electrons. The third kappa shape index (κ3) is 4.43. The minimum atomic E-state index is -0.583. The topological polar surface area (TPSA) is 72.9 Å². The van der Waals surface area contributed by atoms with E-state index in [4.69, 9.17) is 5.11 Å². The quantitative estimate of drug-likeness (QED) is 0.624. The van der Waals surface area contributed by atoms with Crippen LogP contribution in [0, 0.1) is 0 Å². The smallest absolute Gasteiger partial charge is 0.240 e. The molecule has 0 saturated carbocycles. The molecule has 2 amide bonds. The van der Waals surface area contributed by atoms with Gasteiger partial charge in [-0.2, -0.15) is 0 Å². The van der Waals surface area contributed by atoms with Crippen molar-refractivity contribution in [3.05, 3.63) is 0 Å². The van der Waals surface area contributed by atoms with Crippen molar-refractivity contribution in [3.8, 4) is 0 Å². The van der Waals surface area contributed by atoms with E-state index in [1.54, 1.807) is 0 Å². The number of rotatable bonds is 7. The van der Waals surface area contributed by atoms with Gasteiger partial charge in [-0.25, -0.2) is 4.39 Å². The van der Waals surface area contributed by atoms with E-state index >= 15 is 0 Å². The number of amides is 2. The molecule has 0 spiro atoms. The number of carbonyl (C=O) groups is 2. The number of hydrogen-bond donors (Lipinski definition) is 2. The van der Waals surface area contributed by atoms with Crippen LogP contribution < -0.4 is 5.32 Å². The van der Waals surface area contributed by atoms with Crippen LogP contribution in [0.3, 0.4) is 0 Å². The van der Waals surface area contributed by atoms with Crippen molar-refractivity contribution in [2.45, 2.75) is 19.4 Å². The van der Waals surface area contributed by atoms with Crippen molar-refractivity contribution in [1.82, 2.24) is 15.1 Å². The fourth-order valence-electron chi connectivity index (χ4n) is 2.16. The van der Waals surface area contributed by atoms with E-state index in [0.29, 0.717) is 19.6 Å². The molecule has 1 saturated heterocycles. The van der Waals surface area contributed by atoms with Gasteiger partial charge in [0.2, 0.25) is 11.8 Å². The van der Waals surface area contributed by atoms with Crippen molar-refractivity contribution in [2.75, 3.05) is 46.0 Å². The fourth-order valence-corrected chi connectivity index (χ4v) is 2.16. The largest absolute Gasteiger partial charge is 0.395 e. The first-order valence-electron chi connectivity index (χ1n) is 6.60. The Morgan fingerprint density at radius 2 is 2.37 bits per heavy atom. The molecule has 0 radical (unpaired) electrons. The van der Waals surface area contributed by atoms with Crippen LogP contribution in [-0.2, 0) is 9.59 Å². The summed E-state index contributed by atoms with van der Waals surface area (Å²) in [6, 6.07) is -0.583. The summed E-state index contributed by atoms with van der Waals surface area (Å²) >= 11 is 0. The van der Waals surface area contributed by atoms with E-state index < -0.39 is 12.7 Å². The van der Waals surface area contributed by atoms with Gasteiger partial charge in [0.1, 0.15) is 6.67 Å². The maximum atomic E-state index is 12.3. The standard InChI is InChI=1S/C12H22FN3O3/c1-2-15(7-8-17)11(18)9-10-12(19)16(5-3-13)6-4-14-10/h10,14,17H,2-9H2,1H3. The highest BCUT2D eigenvalue weighted by Crippen LogP contribution is 2.07. The molecule has 7 heteroatoms. The van der Waals surface area contributed by atoms with Crippen LogP contribution in [0.25, 0.3) is 0 Å². The van der Waals surface area contributed by atoms with Crippen LogP contribution in [0.2, 0.25) is 0 Å². The second kappa shape index (κ2) is 8.06. The zero-order valence-electron chi connectivity index (χ0n) is 11.3. The Labute approximate surface area is 112 Å². The molecule has 0 aromatic heterocycles. The number of nitrogens with zero attached hydrogens (tertiary/aromatic N) is 2. The summed E-state index contributed by atoms with van der Waals surface area (Å²) in [7, 11) is 0. The molecule has 0 aliphatic carbocycles. The van der Waals surface area contributed by atoms with Gasteiger partial charge in [-0.15, -0.1) is 0 Å². The summed E-state index contributed by atoms with van der Waals surface area (Å²) in [6.07, 6.45) is 0.0511. The van der Waals surface area contributed by atoms with Gasteiger partial charge in [-0.1, -0.05) is 0 Å². The first-order chi connectivity index (χ1) is 9.13. The third-order valence-electron chi connectivity index (χ3n) is 3.22. The lowest BCUT2D eigenvalue weighted by atomic mass is 10.1. The predicted molar refractivity (Wildman–Crippen MR) is 68.3 cm³/mol. The molecule has 1 aliphatic heterocycles. The Bertz CT molecular complexity index is 313. The number of aliphatic hydroxyl groups is 1. The minimum absolute atomic E-state index is 0.0511. The normalized spacial score (nSPS) is 19.6. The SMILES string of the molecule is CCN(CCO)C(=O)CC1NCCN(CCF)C1=O. The van der Waals surface area contributed by atoms with Crippen LogP contribution in [0.1, 0.15) is 13.3 Å². The Kier molecular flexibility index (Phi) is 6.72. The highest BCUT2D eigenvalue weighted by Gasteiger charge is 2.30. The monoisotopic (exact) mass is 275 g/mol. The molecule has 2 N–H and O–H groups in total. The van der Waals surface area contributed by atoms with Gasteiger partial charge in [0, 0.05) is 32.7 Å². The first-order valence-corrected chi connectivity index (χ1v) is 6.60. The number of carbonyl (C=O) groups excluding carboxylic acids is 2. The number of nitrogens with one attached hydrogen (secondary N) is 1. The molecule has 1 fully saturated rings. The van der Waals surface area contributed by atoms with Crippen LogP contribution in [0.5, 0.6) is 0 Å². The molecule has 1 atom stereocenters. The Balaban J connectivity index is 2.55. The van der Waals surface area contributed by atoms with E-state index in [2.05, 4.69) is 5.32 Å². The van der Waals surface area contributed by atoms with Crippen molar-refractivity contribution >= 4 is 11.8 Å². The number of halogens is 1. The molecular weight excluding hydrogens is 253 g/mol. The van der Waals surface area contributed by atoms with Crippen LogP contribution in [0.15, 0.2) is 0 Å². The number of likely N-dealkylation sites (N-methyl/N-ethyl adjacent to an activating group) is 1. The second-order valence-electron chi connectivity index (χ2n) is 4.42. The summed E-state index contributed by atoms with van der Waals surface area (Å²) in [6.45, 7) is 3.03. The predicted octanol–water partition coefficient (Wildman–Crippen LogP) is -1.01. The summed E-state index contributed by atoms with van der Waals surface area (Å²) in [5, 5.41) is 11.8. The van der Waals surface area contributed by atoms with Crippen LogP contribution in [-0.4, -0.2) is 78.8 Å². The van der Waals surface area contributed by atoms with Crippen molar-refractivity contribution in [1.29, 1.82) is 0 Å². The van der Waals surface area contributed by atoms with Crippen LogP contribution >= 0.6 is 0 Å². The van der Waals surface area contributed by atoms with Crippen LogP contribution in [0.4, 0.5) is 4.39 Å². The van der Waals surface area contributed by atoms with E-state index in [1.807, 2.05) is 6.92 Å². The lowest BCUT2D eigenvalue weighted by Gasteiger charge is -2.33. The summed E-state index contributed by atoms with van der Waals surface area (Å²) in [4.78, 5) is 26.9. The third-order valence-corrected chi connectivity index (χ3v) is 3.22. The summed E-state index contributed by atoms with van der Waals surface area (Å²) < 4.78 is 12.3. The van der Waals surface area contributed by atoms with E-state index in [1.165, 1.54) is 9.80 Å². The number of hydrogen-bond acceptors (Lipinski definition) is 4. The van der Waals surface area contributed by atoms with Gasteiger partial charge in [0.25, 0.3) is 0 Å². The number of piperazine rings is 1. The average molecular weight is 275 g/mol. The Morgan fingerprint density at radius 1 is 1.63 bits per heavy atom. The molecule has 1 rings (SSSR count). The summed E-state index contributed by atoms with van der Waals surface area (Å²) in [5.41, 5.74) is 0. The van der Waals surface area contributed by atoms with Gasteiger partial charge in [0.05, 0.1) is 19.1 Å². The zero-order chi connectivity index (χ0) is 14.3.